The Hall–Kier alpha value is -2.88. The van der Waals surface area contributed by atoms with E-state index in [1.54, 1.807) is 28.9 Å². The molecule has 0 saturated carbocycles. The molecule has 1 aromatic carbocycles. The van der Waals surface area contributed by atoms with Gasteiger partial charge in [0.2, 0.25) is 0 Å². The molecule has 1 fully saturated rings. The van der Waals surface area contributed by atoms with Crippen LogP contribution in [0.15, 0.2) is 30.5 Å². The molecule has 3 aromatic rings. The van der Waals surface area contributed by atoms with Crippen molar-refractivity contribution in [2.75, 3.05) is 19.4 Å². The fourth-order valence-electron chi connectivity index (χ4n) is 3.65. The zero-order chi connectivity index (χ0) is 19.8. The minimum Gasteiger partial charge on any atom is -0.504 e. The van der Waals surface area contributed by atoms with Gasteiger partial charge in [-0.2, -0.15) is 9.61 Å². The summed E-state index contributed by atoms with van der Waals surface area (Å²) in [5.74, 6) is 1.01. The second-order valence-corrected chi connectivity index (χ2v) is 6.99. The number of hydrogen-bond acceptors (Lipinski definition) is 8. The van der Waals surface area contributed by atoms with E-state index in [-0.39, 0.29) is 17.7 Å². The topological polar surface area (TPSA) is 138 Å². The number of nitrogens with zero attached hydrogens (tertiary/aromatic N) is 3. The third kappa shape index (κ3) is 3.24. The first-order valence-electron chi connectivity index (χ1n) is 9.09. The monoisotopic (exact) mass is 385 g/mol. The molecule has 2 atom stereocenters. The Kier molecular flexibility index (Phi) is 4.80. The van der Waals surface area contributed by atoms with Crippen molar-refractivity contribution >= 4 is 11.5 Å². The first kappa shape index (κ1) is 18.5. The number of phenols is 1. The van der Waals surface area contributed by atoms with Crippen LogP contribution in [0.3, 0.4) is 0 Å². The average molecular weight is 385 g/mol. The van der Waals surface area contributed by atoms with Gasteiger partial charge in [-0.15, -0.1) is 0 Å². The number of ether oxygens (including phenoxy) is 1. The fraction of sp³-hybridized carbons (Fsp3) is 0.368. The van der Waals surface area contributed by atoms with Gasteiger partial charge in [0.25, 0.3) is 0 Å². The standard InChI is InChI=1S/C19H23N5O4/c1-28-16-6-10(3-5-15(16)25)12-9-22-24-17(20)7-14(23-18(12)24)11-2-4-13(19(26)27)21-8-11/h3,5-7,9,11,13,19,21,25-27H,2,4,8,20H2,1H3. The first-order valence-corrected chi connectivity index (χ1v) is 9.09. The van der Waals surface area contributed by atoms with Gasteiger partial charge in [-0.25, -0.2) is 4.98 Å². The van der Waals surface area contributed by atoms with Crippen LogP contribution in [0.1, 0.15) is 24.5 Å². The molecule has 1 aliphatic heterocycles. The predicted octanol–water partition coefficient (Wildman–Crippen LogP) is 0.839. The summed E-state index contributed by atoms with van der Waals surface area (Å²) in [5.41, 5.74) is 9.24. The van der Waals surface area contributed by atoms with Gasteiger partial charge in [-0.1, -0.05) is 6.07 Å². The second-order valence-electron chi connectivity index (χ2n) is 6.99. The number of aromatic hydroxyl groups is 1. The van der Waals surface area contributed by atoms with Crippen molar-refractivity contribution in [2.24, 2.45) is 0 Å². The van der Waals surface area contributed by atoms with Crippen LogP contribution in [-0.4, -0.2) is 55.9 Å². The number of phenolic OH excluding ortho intramolecular Hbond substituents is 1. The molecule has 0 bridgehead atoms. The van der Waals surface area contributed by atoms with Crippen molar-refractivity contribution in [3.63, 3.8) is 0 Å². The van der Waals surface area contributed by atoms with E-state index in [0.717, 1.165) is 23.2 Å². The lowest BCUT2D eigenvalue weighted by Gasteiger charge is -2.30. The largest absolute Gasteiger partial charge is 0.504 e. The number of aliphatic hydroxyl groups is 2. The quantitative estimate of drug-likeness (QED) is 0.417. The molecule has 0 spiro atoms. The highest BCUT2D eigenvalue weighted by Crippen LogP contribution is 2.34. The van der Waals surface area contributed by atoms with E-state index in [2.05, 4.69) is 10.4 Å². The number of aliphatic hydroxyl groups excluding tert-OH is 1. The van der Waals surface area contributed by atoms with E-state index in [9.17, 15) is 15.3 Å². The summed E-state index contributed by atoms with van der Waals surface area (Å²) in [5, 5.41) is 36.0. The summed E-state index contributed by atoms with van der Waals surface area (Å²) in [4.78, 5) is 4.80. The van der Waals surface area contributed by atoms with E-state index >= 15 is 0 Å². The predicted molar refractivity (Wildman–Crippen MR) is 103 cm³/mol. The maximum Gasteiger partial charge on any atom is 0.167 e. The molecule has 4 rings (SSSR count). The van der Waals surface area contributed by atoms with Gasteiger partial charge in [0.15, 0.2) is 23.4 Å². The van der Waals surface area contributed by atoms with Crippen molar-refractivity contribution in [1.29, 1.82) is 0 Å². The van der Waals surface area contributed by atoms with Gasteiger partial charge >= 0.3 is 0 Å². The van der Waals surface area contributed by atoms with E-state index in [1.165, 1.54) is 7.11 Å². The van der Waals surface area contributed by atoms with E-state index in [4.69, 9.17) is 15.5 Å². The Balaban J connectivity index is 1.71. The molecule has 6 N–H and O–H groups in total. The summed E-state index contributed by atoms with van der Waals surface area (Å²) >= 11 is 0. The number of methoxy groups -OCH3 is 1. The highest BCUT2D eigenvalue weighted by Gasteiger charge is 2.27. The maximum atomic E-state index is 9.84. The summed E-state index contributed by atoms with van der Waals surface area (Å²) < 4.78 is 6.77. The normalized spacial score (nSPS) is 20.0. The van der Waals surface area contributed by atoms with Crippen molar-refractivity contribution in [1.82, 2.24) is 19.9 Å². The molecule has 9 nitrogen and oxygen atoms in total. The number of rotatable bonds is 4. The molecule has 28 heavy (non-hydrogen) atoms. The molecule has 0 radical (unpaired) electrons. The van der Waals surface area contributed by atoms with Crippen LogP contribution in [0.25, 0.3) is 16.8 Å². The number of piperidine rings is 1. The Morgan fingerprint density at radius 3 is 2.79 bits per heavy atom. The van der Waals surface area contributed by atoms with Gasteiger partial charge in [0, 0.05) is 24.1 Å². The van der Waals surface area contributed by atoms with Crippen LogP contribution in [0.5, 0.6) is 11.5 Å². The van der Waals surface area contributed by atoms with Crippen LogP contribution in [0.2, 0.25) is 0 Å². The smallest absolute Gasteiger partial charge is 0.167 e. The number of nitrogen functional groups attached to an aromatic ring is 1. The first-order chi connectivity index (χ1) is 13.5. The number of fused-ring (bicyclic) bond motifs is 1. The number of nitrogens with one attached hydrogen (secondary N) is 1. The Bertz CT molecular complexity index is 995. The number of aromatic nitrogens is 3. The summed E-state index contributed by atoms with van der Waals surface area (Å²) in [6.07, 6.45) is 1.73. The summed E-state index contributed by atoms with van der Waals surface area (Å²) in [6.45, 7) is 0.585. The molecule has 9 heteroatoms. The lowest BCUT2D eigenvalue weighted by Crippen LogP contribution is -2.45. The SMILES string of the molecule is COc1cc(-c2cnn3c(N)cc(C4CCC(C(O)O)NC4)nc23)ccc1O. The minimum atomic E-state index is -1.37. The molecule has 1 aliphatic rings. The van der Waals surface area contributed by atoms with Crippen LogP contribution in [0.4, 0.5) is 5.82 Å². The fourth-order valence-corrected chi connectivity index (χ4v) is 3.65. The summed E-state index contributed by atoms with van der Waals surface area (Å²) in [7, 11) is 1.50. The molecule has 0 amide bonds. The average Bonchev–Trinajstić information content (AvgIpc) is 3.13. The van der Waals surface area contributed by atoms with E-state index < -0.39 is 6.29 Å². The molecule has 148 valence electrons. The van der Waals surface area contributed by atoms with Crippen molar-refractivity contribution in [3.8, 4) is 22.6 Å². The minimum absolute atomic E-state index is 0.0600. The second kappa shape index (κ2) is 7.27. The molecular weight excluding hydrogens is 362 g/mol. The zero-order valence-electron chi connectivity index (χ0n) is 15.4. The Morgan fingerprint density at radius 1 is 1.29 bits per heavy atom. The van der Waals surface area contributed by atoms with Crippen LogP contribution in [-0.2, 0) is 0 Å². The third-order valence-corrected chi connectivity index (χ3v) is 5.24. The number of benzene rings is 1. The van der Waals surface area contributed by atoms with Gasteiger partial charge in [0.05, 0.1) is 25.0 Å². The van der Waals surface area contributed by atoms with Crippen molar-refractivity contribution in [2.45, 2.75) is 31.1 Å². The summed E-state index contributed by atoms with van der Waals surface area (Å²) in [6, 6.07) is 6.55. The molecular formula is C19H23N5O4. The number of anilines is 1. The maximum absolute atomic E-state index is 9.84. The molecule has 1 saturated heterocycles. The number of nitrogens with two attached hydrogens (primary N) is 1. The lowest BCUT2D eigenvalue weighted by atomic mass is 9.91. The lowest BCUT2D eigenvalue weighted by molar-refractivity contribution is -0.0732. The Morgan fingerprint density at radius 2 is 2.11 bits per heavy atom. The number of hydrogen-bond donors (Lipinski definition) is 5. The zero-order valence-corrected chi connectivity index (χ0v) is 15.4. The van der Waals surface area contributed by atoms with Crippen molar-refractivity contribution < 1.29 is 20.1 Å². The van der Waals surface area contributed by atoms with Gasteiger partial charge in [-0.3, -0.25) is 0 Å². The van der Waals surface area contributed by atoms with Crippen LogP contribution in [0, 0.1) is 0 Å². The van der Waals surface area contributed by atoms with Crippen molar-refractivity contribution in [3.05, 3.63) is 36.2 Å². The molecule has 0 aliphatic carbocycles. The van der Waals surface area contributed by atoms with Gasteiger partial charge in [0.1, 0.15) is 5.82 Å². The molecule has 2 aromatic heterocycles. The highest BCUT2D eigenvalue weighted by molar-refractivity contribution is 5.79. The third-order valence-electron chi connectivity index (χ3n) is 5.24. The highest BCUT2D eigenvalue weighted by atomic mass is 16.5. The van der Waals surface area contributed by atoms with Crippen LogP contribution < -0.4 is 15.8 Å². The van der Waals surface area contributed by atoms with Gasteiger partial charge < -0.3 is 31.1 Å². The van der Waals surface area contributed by atoms with E-state index in [1.807, 2.05) is 6.07 Å². The molecule has 2 unspecified atom stereocenters. The Labute approximate surface area is 161 Å². The molecule has 3 heterocycles. The van der Waals surface area contributed by atoms with Gasteiger partial charge in [-0.05, 0) is 30.5 Å². The van der Waals surface area contributed by atoms with Crippen LogP contribution >= 0.6 is 0 Å². The van der Waals surface area contributed by atoms with E-state index in [0.29, 0.717) is 30.2 Å².